The van der Waals surface area contributed by atoms with E-state index in [1.165, 1.54) is 0 Å². The van der Waals surface area contributed by atoms with Gasteiger partial charge in [0.2, 0.25) is 0 Å². The van der Waals surface area contributed by atoms with E-state index in [-0.39, 0.29) is 17.7 Å². The number of hydrogen-bond acceptors (Lipinski definition) is 4. The first-order valence-corrected chi connectivity index (χ1v) is 6.32. The quantitative estimate of drug-likeness (QED) is 0.732. The van der Waals surface area contributed by atoms with Gasteiger partial charge in [-0.15, -0.1) is 0 Å². The lowest BCUT2D eigenvalue weighted by atomic mass is 9.94. The lowest BCUT2D eigenvalue weighted by Crippen LogP contribution is -2.27. The van der Waals surface area contributed by atoms with Gasteiger partial charge in [0.15, 0.2) is 0 Å². The summed E-state index contributed by atoms with van der Waals surface area (Å²) in [5.74, 6) is 0. The first kappa shape index (κ1) is 14.7. The van der Waals surface area contributed by atoms with Gasteiger partial charge in [0, 0.05) is 34.3 Å². The normalized spacial score (nSPS) is 10.8. The Morgan fingerprint density at radius 1 is 1.56 bits per heavy atom. The number of hydrogen-bond donors (Lipinski definition) is 3. The zero-order valence-corrected chi connectivity index (χ0v) is 12.0. The van der Waals surface area contributed by atoms with Gasteiger partial charge in [-0.3, -0.25) is 5.41 Å². The molecule has 0 radical (unpaired) electrons. The molecule has 1 aromatic rings. The molecule has 1 rings (SSSR count). The molecule has 1 aromatic carbocycles. The molecule has 0 amide bonds. The standard InChI is InChI=1S/C13H16BrN3O/c1-13(2,8-18)7-17-12-5-9(14)3-4-10(12)11(16)6-15/h3-5,16-18H,7-8H2,1-2H3. The number of nitriles is 1. The van der Waals surface area contributed by atoms with Crippen LogP contribution in [0.1, 0.15) is 19.4 Å². The second-order valence-corrected chi connectivity index (χ2v) is 5.77. The van der Waals surface area contributed by atoms with E-state index in [4.69, 9.17) is 10.7 Å². The molecule has 0 unspecified atom stereocenters. The van der Waals surface area contributed by atoms with E-state index in [0.717, 1.165) is 10.2 Å². The largest absolute Gasteiger partial charge is 0.396 e. The molecule has 0 saturated heterocycles. The molecule has 5 heteroatoms. The third-order valence-electron chi connectivity index (χ3n) is 2.55. The molecule has 96 valence electrons. The maximum absolute atomic E-state index is 9.21. The molecule has 0 atom stereocenters. The summed E-state index contributed by atoms with van der Waals surface area (Å²) in [6.45, 7) is 4.51. The Labute approximate surface area is 115 Å². The van der Waals surface area contributed by atoms with Crippen LogP contribution in [0.15, 0.2) is 22.7 Å². The van der Waals surface area contributed by atoms with Crippen molar-refractivity contribution in [3.8, 4) is 6.07 Å². The van der Waals surface area contributed by atoms with E-state index >= 15 is 0 Å². The number of nitrogens with one attached hydrogen (secondary N) is 2. The molecule has 0 aliphatic carbocycles. The molecule has 0 aromatic heterocycles. The van der Waals surface area contributed by atoms with Crippen molar-refractivity contribution in [2.24, 2.45) is 5.41 Å². The van der Waals surface area contributed by atoms with Gasteiger partial charge in [0.1, 0.15) is 11.8 Å². The van der Waals surface area contributed by atoms with E-state index in [0.29, 0.717) is 12.1 Å². The molecule has 0 aliphatic heterocycles. The highest BCUT2D eigenvalue weighted by Crippen LogP contribution is 2.24. The molecule has 18 heavy (non-hydrogen) atoms. The minimum Gasteiger partial charge on any atom is -0.396 e. The minimum atomic E-state index is -0.256. The minimum absolute atomic E-state index is 0.0685. The van der Waals surface area contributed by atoms with Gasteiger partial charge in [-0.2, -0.15) is 5.26 Å². The fraction of sp³-hybridized carbons (Fsp3) is 0.385. The number of halogens is 1. The summed E-state index contributed by atoms with van der Waals surface area (Å²) < 4.78 is 0.876. The van der Waals surface area contributed by atoms with Crippen molar-refractivity contribution in [2.45, 2.75) is 13.8 Å². The lowest BCUT2D eigenvalue weighted by molar-refractivity contribution is 0.171. The number of anilines is 1. The molecule has 0 spiro atoms. The van der Waals surface area contributed by atoms with Gasteiger partial charge in [-0.05, 0) is 18.2 Å². The van der Waals surface area contributed by atoms with E-state index in [1.807, 2.05) is 26.0 Å². The van der Waals surface area contributed by atoms with Crippen molar-refractivity contribution in [1.82, 2.24) is 0 Å². The van der Waals surface area contributed by atoms with Gasteiger partial charge in [0.25, 0.3) is 0 Å². The Hall–Kier alpha value is -1.38. The maximum Gasteiger partial charge on any atom is 0.141 e. The zero-order chi connectivity index (χ0) is 13.8. The van der Waals surface area contributed by atoms with E-state index in [9.17, 15) is 5.11 Å². The summed E-state index contributed by atoms with van der Waals surface area (Å²) in [6.07, 6.45) is 0. The van der Waals surface area contributed by atoms with Crippen LogP contribution in [0, 0.1) is 22.2 Å². The monoisotopic (exact) mass is 309 g/mol. The lowest BCUT2D eigenvalue weighted by Gasteiger charge is -2.23. The summed E-state index contributed by atoms with van der Waals surface area (Å²) in [6, 6.07) is 7.18. The first-order chi connectivity index (χ1) is 8.39. The van der Waals surface area contributed by atoms with Gasteiger partial charge in [-0.1, -0.05) is 29.8 Å². The van der Waals surface area contributed by atoms with Crippen molar-refractivity contribution in [3.05, 3.63) is 28.2 Å². The predicted molar refractivity (Wildman–Crippen MR) is 75.9 cm³/mol. The fourth-order valence-corrected chi connectivity index (χ4v) is 1.69. The highest BCUT2D eigenvalue weighted by atomic mass is 79.9. The van der Waals surface area contributed by atoms with Crippen molar-refractivity contribution in [2.75, 3.05) is 18.5 Å². The average molecular weight is 310 g/mol. The van der Waals surface area contributed by atoms with Crippen LogP contribution >= 0.6 is 15.9 Å². The molecule has 0 heterocycles. The van der Waals surface area contributed by atoms with E-state index in [2.05, 4.69) is 21.2 Å². The SMILES string of the molecule is CC(C)(CO)CNc1cc(Br)ccc1C(=N)C#N. The average Bonchev–Trinajstić information content (AvgIpc) is 2.36. The Kier molecular flexibility index (Phi) is 4.88. The molecule has 0 fully saturated rings. The van der Waals surface area contributed by atoms with Crippen LogP contribution in [0.3, 0.4) is 0 Å². The van der Waals surface area contributed by atoms with Crippen LogP contribution in [0.2, 0.25) is 0 Å². The summed E-state index contributed by atoms with van der Waals surface area (Å²) in [5.41, 5.74) is 0.952. The molecule has 4 nitrogen and oxygen atoms in total. The Bertz CT molecular complexity index is 491. The second-order valence-electron chi connectivity index (χ2n) is 4.85. The van der Waals surface area contributed by atoms with E-state index < -0.39 is 0 Å². The number of aliphatic hydroxyl groups excluding tert-OH is 1. The van der Waals surface area contributed by atoms with Crippen LogP contribution in [0.25, 0.3) is 0 Å². The van der Waals surface area contributed by atoms with Crippen LogP contribution in [0.4, 0.5) is 5.69 Å². The third-order valence-corrected chi connectivity index (χ3v) is 3.04. The van der Waals surface area contributed by atoms with Gasteiger partial charge >= 0.3 is 0 Å². The number of aliphatic hydroxyl groups is 1. The predicted octanol–water partition coefficient (Wildman–Crippen LogP) is 2.77. The highest BCUT2D eigenvalue weighted by Gasteiger charge is 2.17. The van der Waals surface area contributed by atoms with Crippen molar-refractivity contribution < 1.29 is 5.11 Å². The van der Waals surface area contributed by atoms with Crippen LogP contribution in [-0.4, -0.2) is 24.0 Å². The second kappa shape index (κ2) is 5.98. The number of nitrogens with zero attached hydrogens (tertiary/aromatic N) is 1. The first-order valence-electron chi connectivity index (χ1n) is 5.53. The molecular formula is C13H16BrN3O. The van der Waals surface area contributed by atoms with Crippen molar-refractivity contribution >= 4 is 27.3 Å². The van der Waals surface area contributed by atoms with Gasteiger partial charge in [0.05, 0.1) is 0 Å². The molecule has 0 saturated carbocycles. The molecular weight excluding hydrogens is 294 g/mol. The summed E-state index contributed by atoms with van der Waals surface area (Å²) in [7, 11) is 0. The molecule has 0 aliphatic rings. The number of rotatable bonds is 5. The Balaban J connectivity index is 2.97. The molecule has 3 N–H and O–H groups in total. The van der Waals surface area contributed by atoms with Crippen LogP contribution in [-0.2, 0) is 0 Å². The number of benzene rings is 1. The fourth-order valence-electron chi connectivity index (χ4n) is 1.33. The highest BCUT2D eigenvalue weighted by molar-refractivity contribution is 9.10. The molecule has 0 bridgehead atoms. The summed E-state index contributed by atoms with van der Waals surface area (Å²) in [5, 5.41) is 28.8. The van der Waals surface area contributed by atoms with Crippen LogP contribution < -0.4 is 5.32 Å². The van der Waals surface area contributed by atoms with Crippen LogP contribution in [0.5, 0.6) is 0 Å². The Morgan fingerprint density at radius 3 is 2.78 bits per heavy atom. The zero-order valence-electron chi connectivity index (χ0n) is 10.4. The smallest absolute Gasteiger partial charge is 0.141 e. The van der Waals surface area contributed by atoms with Crippen molar-refractivity contribution in [1.29, 1.82) is 10.7 Å². The van der Waals surface area contributed by atoms with E-state index in [1.54, 1.807) is 12.1 Å². The van der Waals surface area contributed by atoms with Gasteiger partial charge in [-0.25, -0.2) is 0 Å². The maximum atomic E-state index is 9.21. The Morgan fingerprint density at radius 2 is 2.22 bits per heavy atom. The third kappa shape index (κ3) is 3.83. The van der Waals surface area contributed by atoms with Gasteiger partial charge < -0.3 is 10.4 Å². The van der Waals surface area contributed by atoms with Crippen molar-refractivity contribution in [3.63, 3.8) is 0 Å². The summed E-state index contributed by atoms with van der Waals surface area (Å²) >= 11 is 3.36. The topological polar surface area (TPSA) is 79.9 Å². The summed E-state index contributed by atoms with van der Waals surface area (Å²) in [4.78, 5) is 0.